The molecule has 180 valence electrons. The number of carbonyl (C=O) groups is 1. The lowest BCUT2D eigenvalue weighted by atomic mass is 9.98. The summed E-state index contributed by atoms with van der Waals surface area (Å²) in [6.45, 7) is 1.52. The molecule has 33 heavy (non-hydrogen) atoms. The van der Waals surface area contributed by atoms with Crippen molar-refractivity contribution in [1.82, 2.24) is 14.6 Å². The van der Waals surface area contributed by atoms with Crippen molar-refractivity contribution in [3.63, 3.8) is 0 Å². The van der Waals surface area contributed by atoms with E-state index in [-0.39, 0.29) is 5.75 Å². The Bertz CT molecular complexity index is 1150. The largest absolute Gasteiger partial charge is 0.480 e. The minimum Gasteiger partial charge on any atom is -0.480 e. The van der Waals surface area contributed by atoms with Crippen molar-refractivity contribution in [3.05, 3.63) is 63.4 Å². The molecule has 1 aromatic heterocycles. The molecule has 2 aromatic rings. The number of hydrogen-bond donors (Lipinski definition) is 4. The number of para-hydroxylation sites is 1. The van der Waals surface area contributed by atoms with Gasteiger partial charge in [0.2, 0.25) is 0 Å². The smallest absolute Gasteiger partial charge is 0.459 e. The molecule has 1 unspecified atom stereocenters. The van der Waals surface area contributed by atoms with E-state index in [4.69, 9.17) is 18.9 Å². The summed E-state index contributed by atoms with van der Waals surface area (Å²) in [5.74, 6) is -1.23. The monoisotopic (exact) mass is 487 g/mol. The zero-order chi connectivity index (χ0) is 24.4. The van der Waals surface area contributed by atoms with Crippen LogP contribution in [-0.4, -0.2) is 56.3 Å². The molecule has 6 atom stereocenters. The van der Waals surface area contributed by atoms with Gasteiger partial charge in [0, 0.05) is 12.3 Å². The van der Waals surface area contributed by atoms with Gasteiger partial charge in [-0.1, -0.05) is 18.2 Å². The van der Waals surface area contributed by atoms with Gasteiger partial charge in [-0.25, -0.2) is 13.8 Å². The number of aromatic amines is 1. The molecule has 14 heteroatoms. The number of rotatable bonds is 9. The second kappa shape index (κ2) is 9.57. The molecule has 0 amide bonds. The zero-order valence-electron chi connectivity index (χ0n) is 17.6. The van der Waals surface area contributed by atoms with Crippen molar-refractivity contribution in [1.29, 1.82) is 0 Å². The number of ether oxygens (including phenoxy) is 1. The third-order valence-electron chi connectivity index (χ3n) is 4.92. The number of aliphatic carboxylic acids is 1. The topological polar surface area (TPSA) is 169 Å². The number of hydrogen-bond acceptors (Lipinski definition) is 8. The molecule has 0 saturated carbocycles. The Morgan fingerprint density at radius 2 is 2.03 bits per heavy atom. The fraction of sp³-hybridized carbons (Fsp3) is 0.421. The van der Waals surface area contributed by atoms with Crippen LogP contribution in [0.5, 0.6) is 5.75 Å². The van der Waals surface area contributed by atoms with Crippen molar-refractivity contribution in [2.75, 3.05) is 6.61 Å². The number of alkyl halides is 1. The Morgan fingerprint density at radius 3 is 2.64 bits per heavy atom. The lowest BCUT2D eigenvalue weighted by Gasteiger charge is -2.25. The van der Waals surface area contributed by atoms with Gasteiger partial charge in [-0.15, -0.1) is 0 Å². The Balaban J connectivity index is 1.80. The molecule has 1 aliphatic heterocycles. The predicted octanol–water partition coefficient (Wildman–Crippen LogP) is 0.789. The molecule has 4 N–H and O–H groups in total. The second-order valence-corrected chi connectivity index (χ2v) is 9.22. The highest BCUT2D eigenvalue weighted by Gasteiger charge is 2.55. The first-order valence-corrected chi connectivity index (χ1v) is 11.3. The van der Waals surface area contributed by atoms with Crippen molar-refractivity contribution < 1.29 is 37.7 Å². The molecule has 2 heterocycles. The van der Waals surface area contributed by atoms with Crippen LogP contribution in [0.1, 0.15) is 20.1 Å². The molecule has 0 radical (unpaired) electrons. The fourth-order valence-corrected chi connectivity index (χ4v) is 4.64. The van der Waals surface area contributed by atoms with E-state index in [9.17, 15) is 24.1 Å². The van der Waals surface area contributed by atoms with Crippen molar-refractivity contribution in [2.45, 2.75) is 44.0 Å². The van der Waals surface area contributed by atoms with Crippen LogP contribution in [0, 0.1) is 0 Å². The van der Waals surface area contributed by atoms with E-state index in [1.54, 1.807) is 18.2 Å². The fourth-order valence-electron chi connectivity index (χ4n) is 3.14. The average molecular weight is 487 g/mol. The Morgan fingerprint density at radius 1 is 1.36 bits per heavy atom. The number of halogens is 1. The van der Waals surface area contributed by atoms with Crippen molar-refractivity contribution >= 4 is 13.7 Å². The number of aliphatic hydroxyl groups excluding tert-OH is 1. The van der Waals surface area contributed by atoms with Gasteiger partial charge in [0.05, 0.1) is 6.61 Å². The van der Waals surface area contributed by atoms with E-state index in [0.717, 1.165) is 23.8 Å². The lowest BCUT2D eigenvalue weighted by Crippen LogP contribution is -2.43. The molecule has 1 aromatic carbocycles. The van der Waals surface area contributed by atoms with Gasteiger partial charge < -0.3 is 19.5 Å². The van der Waals surface area contributed by atoms with Gasteiger partial charge in [-0.05, 0) is 26.0 Å². The number of nitrogens with one attached hydrogen (secondary N) is 2. The highest BCUT2D eigenvalue weighted by molar-refractivity contribution is 7.52. The van der Waals surface area contributed by atoms with Crippen LogP contribution in [-0.2, 0) is 18.6 Å². The van der Waals surface area contributed by atoms with Crippen LogP contribution in [0.2, 0.25) is 0 Å². The summed E-state index contributed by atoms with van der Waals surface area (Å²) in [5.41, 5.74) is -4.16. The summed E-state index contributed by atoms with van der Waals surface area (Å²) < 4.78 is 45.4. The van der Waals surface area contributed by atoms with Crippen molar-refractivity contribution in [2.24, 2.45) is 0 Å². The van der Waals surface area contributed by atoms with Crippen LogP contribution in [0.4, 0.5) is 4.39 Å². The highest BCUT2D eigenvalue weighted by atomic mass is 31.2. The van der Waals surface area contributed by atoms with Crippen LogP contribution >= 0.6 is 7.75 Å². The van der Waals surface area contributed by atoms with E-state index in [0.29, 0.717) is 0 Å². The van der Waals surface area contributed by atoms with Gasteiger partial charge >= 0.3 is 19.4 Å². The van der Waals surface area contributed by atoms with Crippen LogP contribution < -0.4 is 20.9 Å². The number of aliphatic hydroxyl groups is 1. The maximum atomic E-state index is 15.3. The number of H-pyrrole nitrogens is 1. The van der Waals surface area contributed by atoms with E-state index >= 15 is 4.39 Å². The van der Waals surface area contributed by atoms with Gasteiger partial charge in [-0.3, -0.25) is 23.7 Å². The molecule has 0 spiro atoms. The second-order valence-electron chi connectivity index (χ2n) is 7.53. The van der Waals surface area contributed by atoms with E-state index < -0.39 is 61.7 Å². The van der Waals surface area contributed by atoms with E-state index in [1.165, 1.54) is 19.1 Å². The van der Waals surface area contributed by atoms with Gasteiger partial charge in [0.25, 0.3) is 5.56 Å². The van der Waals surface area contributed by atoms with Gasteiger partial charge in [-0.2, -0.15) is 5.09 Å². The minimum absolute atomic E-state index is 0.104. The number of aromatic nitrogens is 2. The first kappa shape index (κ1) is 24.8. The third-order valence-corrected chi connectivity index (χ3v) is 6.56. The van der Waals surface area contributed by atoms with Crippen LogP contribution in [0.15, 0.2) is 52.2 Å². The number of carboxylic acid groups (broad SMARTS) is 1. The first-order valence-electron chi connectivity index (χ1n) is 9.77. The number of benzene rings is 1. The molecule has 12 nitrogen and oxygen atoms in total. The summed E-state index contributed by atoms with van der Waals surface area (Å²) in [7, 11) is -4.34. The van der Waals surface area contributed by atoms with Gasteiger partial charge in [0.15, 0.2) is 11.9 Å². The van der Waals surface area contributed by atoms with E-state index in [1.807, 2.05) is 4.98 Å². The molecule has 0 bridgehead atoms. The maximum absolute atomic E-state index is 15.3. The van der Waals surface area contributed by atoms with Crippen LogP contribution in [0.25, 0.3) is 0 Å². The molecule has 1 fully saturated rings. The average Bonchev–Trinajstić information content (AvgIpc) is 2.96. The third kappa shape index (κ3) is 5.57. The maximum Gasteiger partial charge on any atom is 0.459 e. The zero-order valence-corrected chi connectivity index (χ0v) is 18.5. The molecular weight excluding hydrogens is 464 g/mol. The molecule has 1 saturated heterocycles. The van der Waals surface area contributed by atoms with Crippen molar-refractivity contribution in [3.8, 4) is 5.75 Å². The summed E-state index contributed by atoms with van der Waals surface area (Å²) in [6.07, 6.45) is -3.87. The lowest BCUT2D eigenvalue weighted by molar-refractivity contribution is -0.138. The summed E-state index contributed by atoms with van der Waals surface area (Å²) in [6, 6.07) is 7.41. The Kier molecular flexibility index (Phi) is 7.20. The quantitative estimate of drug-likeness (QED) is 0.371. The first-order chi connectivity index (χ1) is 15.4. The summed E-state index contributed by atoms with van der Waals surface area (Å²) in [4.78, 5) is 36.5. The molecule has 3 rings (SSSR count). The summed E-state index contributed by atoms with van der Waals surface area (Å²) in [5, 5.41) is 21.8. The predicted molar refractivity (Wildman–Crippen MR) is 112 cm³/mol. The Hall–Kier alpha value is -2.83. The van der Waals surface area contributed by atoms with E-state index in [2.05, 4.69) is 5.09 Å². The SMILES string of the molecule is C[C@H](NP(=O)(OC[C@H]1O[C@@H](n2ccc(=O)[nH]c2=O)[C@](C)(F)[C@@H]1O)Oc1ccccc1)C(=O)O. The highest BCUT2D eigenvalue weighted by Crippen LogP contribution is 2.47. The van der Waals surface area contributed by atoms with Gasteiger partial charge in [0.1, 0.15) is 24.0 Å². The molecule has 0 aliphatic carbocycles. The van der Waals surface area contributed by atoms with Crippen LogP contribution in [0.3, 0.4) is 0 Å². The summed E-state index contributed by atoms with van der Waals surface area (Å²) >= 11 is 0. The molecule has 1 aliphatic rings. The normalized spacial score (nSPS) is 27.6. The molecular formula is C19H23FN3O9P. The number of carboxylic acids is 1. The number of nitrogens with zero attached hydrogens (tertiary/aromatic N) is 1. The standard InChI is InChI=1S/C19H23FN3O9P/c1-11(16(26)27)22-33(29,32-12-6-4-3-5-7-12)30-10-13-15(25)19(2,20)17(31-13)23-9-8-14(24)21-18(23)28/h3-9,11,13,15,17,25H,10H2,1-2H3,(H,22,29)(H,26,27)(H,21,24,28)/t11-,13+,15+,17+,19+,33?/m0/s1. The minimum atomic E-state index is -4.34. The Labute approximate surface area is 186 Å².